The van der Waals surface area contributed by atoms with Crippen LogP contribution in [-0.2, 0) is 19.4 Å². The van der Waals surface area contributed by atoms with Crippen LogP contribution in [0.4, 0.5) is 5.69 Å². The molecule has 3 heterocycles. The van der Waals surface area contributed by atoms with Crippen molar-refractivity contribution >= 4 is 11.6 Å². The third kappa shape index (κ3) is 5.71. The second kappa shape index (κ2) is 10.7. The van der Waals surface area contributed by atoms with Gasteiger partial charge in [-0.1, -0.05) is 24.3 Å². The first-order valence-electron chi connectivity index (χ1n) is 13.3. The number of fused-ring (bicyclic) bond motifs is 2. The standard InChI is InChI=1S/C29H40N4O2/c1-30(2)18-22-9-14-32(15-10-22)26-7-8-28-24(17-26)12-16-33(29(28)35)21-27(34)20-31-13-11-23-5-3-4-6-25(23)19-31/h3-8,17,22,27,34H,9-16,18-21H2,1-2H3/t27-/m1/s1. The van der Waals surface area contributed by atoms with Crippen LogP contribution >= 0.6 is 0 Å². The topological polar surface area (TPSA) is 50.3 Å². The molecule has 1 saturated heterocycles. The predicted octanol–water partition coefficient (Wildman–Crippen LogP) is 2.88. The van der Waals surface area contributed by atoms with Crippen molar-refractivity contribution in [3.8, 4) is 0 Å². The van der Waals surface area contributed by atoms with Crippen molar-refractivity contribution in [2.75, 3.05) is 64.8 Å². The third-order valence-corrected chi connectivity index (χ3v) is 7.97. The minimum absolute atomic E-state index is 0.0607. The van der Waals surface area contributed by atoms with E-state index >= 15 is 0 Å². The second-order valence-corrected chi connectivity index (χ2v) is 10.9. The number of benzene rings is 2. The van der Waals surface area contributed by atoms with Crippen molar-refractivity contribution in [2.24, 2.45) is 5.92 Å². The molecule has 3 aliphatic rings. The Morgan fingerprint density at radius 1 is 0.943 bits per heavy atom. The number of nitrogens with zero attached hydrogens (tertiary/aromatic N) is 4. The highest BCUT2D eigenvalue weighted by molar-refractivity contribution is 5.97. The minimum atomic E-state index is -0.534. The number of amides is 1. The molecule has 1 fully saturated rings. The Morgan fingerprint density at radius 2 is 1.69 bits per heavy atom. The van der Waals surface area contributed by atoms with Gasteiger partial charge >= 0.3 is 0 Å². The summed E-state index contributed by atoms with van der Waals surface area (Å²) in [5.74, 6) is 0.839. The van der Waals surface area contributed by atoms with E-state index in [4.69, 9.17) is 0 Å². The number of hydrogen-bond acceptors (Lipinski definition) is 5. The van der Waals surface area contributed by atoms with Crippen molar-refractivity contribution in [3.63, 3.8) is 0 Å². The highest BCUT2D eigenvalue weighted by atomic mass is 16.3. The monoisotopic (exact) mass is 476 g/mol. The number of aliphatic hydroxyl groups is 1. The Hall–Kier alpha value is -2.41. The Balaban J connectivity index is 1.15. The average Bonchev–Trinajstić information content (AvgIpc) is 2.85. The van der Waals surface area contributed by atoms with Gasteiger partial charge < -0.3 is 19.8 Å². The minimum Gasteiger partial charge on any atom is -0.390 e. The Bertz CT molecular complexity index is 1030. The number of rotatable bonds is 7. The highest BCUT2D eigenvalue weighted by Gasteiger charge is 2.28. The lowest BCUT2D eigenvalue weighted by Crippen LogP contribution is -2.46. The Morgan fingerprint density at radius 3 is 2.46 bits per heavy atom. The first-order chi connectivity index (χ1) is 17.0. The average molecular weight is 477 g/mol. The van der Waals surface area contributed by atoms with Gasteiger partial charge in [0.05, 0.1) is 6.10 Å². The molecule has 6 heteroatoms. The van der Waals surface area contributed by atoms with E-state index < -0.39 is 6.10 Å². The van der Waals surface area contributed by atoms with Gasteiger partial charge in [-0.2, -0.15) is 0 Å². The van der Waals surface area contributed by atoms with E-state index in [-0.39, 0.29) is 5.91 Å². The van der Waals surface area contributed by atoms with Crippen LogP contribution in [0.25, 0.3) is 0 Å². The summed E-state index contributed by atoms with van der Waals surface area (Å²) in [5, 5.41) is 10.8. The molecule has 0 aliphatic carbocycles. The smallest absolute Gasteiger partial charge is 0.254 e. The van der Waals surface area contributed by atoms with Crippen LogP contribution in [0.5, 0.6) is 0 Å². The molecule has 6 nitrogen and oxygen atoms in total. The van der Waals surface area contributed by atoms with Gasteiger partial charge in [0.2, 0.25) is 0 Å². The summed E-state index contributed by atoms with van der Waals surface area (Å²) < 4.78 is 0. The fraction of sp³-hybridized carbons (Fsp3) is 0.552. The summed E-state index contributed by atoms with van der Waals surface area (Å²) in [6, 6.07) is 14.9. The molecule has 0 spiro atoms. The maximum absolute atomic E-state index is 13.2. The van der Waals surface area contributed by atoms with E-state index in [9.17, 15) is 9.90 Å². The maximum Gasteiger partial charge on any atom is 0.254 e. The molecular weight excluding hydrogens is 436 g/mol. The lowest BCUT2D eigenvalue weighted by atomic mass is 9.94. The zero-order valence-corrected chi connectivity index (χ0v) is 21.3. The van der Waals surface area contributed by atoms with E-state index in [1.54, 1.807) is 0 Å². The number of β-amino-alcohol motifs (C(OH)–C–C–N with tert-alkyl or cyclic N) is 1. The third-order valence-electron chi connectivity index (χ3n) is 7.97. The summed E-state index contributed by atoms with van der Waals surface area (Å²) in [6.07, 6.45) is 3.79. The van der Waals surface area contributed by atoms with Crippen molar-refractivity contribution < 1.29 is 9.90 Å². The molecule has 0 bridgehead atoms. The van der Waals surface area contributed by atoms with Gasteiger partial charge in [-0.15, -0.1) is 0 Å². The van der Waals surface area contributed by atoms with Crippen LogP contribution in [0, 0.1) is 5.92 Å². The Kier molecular flexibility index (Phi) is 7.42. The predicted molar refractivity (Wildman–Crippen MR) is 141 cm³/mol. The summed E-state index contributed by atoms with van der Waals surface area (Å²) in [5.41, 5.74) is 5.98. The van der Waals surface area contributed by atoms with Gasteiger partial charge in [-0.25, -0.2) is 0 Å². The fourth-order valence-corrected chi connectivity index (χ4v) is 6.10. The summed E-state index contributed by atoms with van der Waals surface area (Å²) in [4.78, 5) is 22.1. The second-order valence-electron chi connectivity index (χ2n) is 10.9. The number of carbonyl (C=O) groups excluding carboxylic acids is 1. The van der Waals surface area contributed by atoms with Gasteiger partial charge in [-0.05, 0) is 80.6 Å². The number of anilines is 1. The van der Waals surface area contributed by atoms with Crippen LogP contribution < -0.4 is 4.90 Å². The van der Waals surface area contributed by atoms with E-state index in [1.165, 1.54) is 36.2 Å². The van der Waals surface area contributed by atoms with E-state index in [2.05, 4.69) is 65.2 Å². The van der Waals surface area contributed by atoms with E-state index in [0.29, 0.717) is 19.6 Å². The zero-order valence-electron chi connectivity index (χ0n) is 21.3. The van der Waals surface area contributed by atoms with Crippen molar-refractivity contribution in [1.29, 1.82) is 0 Å². The molecule has 0 saturated carbocycles. The van der Waals surface area contributed by atoms with Crippen LogP contribution in [0.1, 0.15) is 39.9 Å². The largest absolute Gasteiger partial charge is 0.390 e. The molecule has 35 heavy (non-hydrogen) atoms. The fourth-order valence-electron chi connectivity index (χ4n) is 6.10. The van der Waals surface area contributed by atoms with Gasteiger partial charge in [0.25, 0.3) is 5.91 Å². The summed E-state index contributed by atoms with van der Waals surface area (Å²) >= 11 is 0. The molecule has 2 aromatic rings. The molecular formula is C29H40N4O2. The quantitative estimate of drug-likeness (QED) is 0.666. The Labute approximate surface area is 210 Å². The molecule has 0 radical (unpaired) electrons. The van der Waals surface area contributed by atoms with Crippen molar-refractivity contribution in [2.45, 2.75) is 38.3 Å². The molecule has 188 valence electrons. The van der Waals surface area contributed by atoms with Crippen molar-refractivity contribution in [3.05, 3.63) is 64.7 Å². The summed E-state index contributed by atoms with van der Waals surface area (Å²) in [6.45, 7) is 6.86. The van der Waals surface area contributed by atoms with Crippen LogP contribution in [0.2, 0.25) is 0 Å². The normalized spacial score (nSPS) is 20.2. The highest BCUT2D eigenvalue weighted by Crippen LogP contribution is 2.28. The SMILES string of the molecule is CN(C)CC1CCN(c2ccc3c(c2)CCN(C[C@H](O)CN2CCc4ccccc4C2)C3=O)CC1. The summed E-state index contributed by atoms with van der Waals surface area (Å²) in [7, 11) is 4.31. The molecule has 1 atom stereocenters. The van der Waals surface area contributed by atoms with Crippen LogP contribution in [0.15, 0.2) is 42.5 Å². The number of aliphatic hydroxyl groups excluding tert-OH is 1. The number of piperidine rings is 1. The van der Waals surface area contributed by atoms with Gasteiger partial charge in [0.1, 0.15) is 0 Å². The molecule has 2 aromatic carbocycles. The molecule has 0 unspecified atom stereocenters. The first kappa shape index (κ1) is 24.3. The molecule has 5 rings (SSSR count). The molecule has 0 aromatic heterocycles. The maximum atomic E-state index is 13.2. The molecule has 3 aliphatic heterocycles. The lowest BCUT2D eigenvalue weighted by molar-refractivity contribution is 0.0493. The first-order valence-corrected chi connectivity index (χ1v) is 13.3. The van der Waals surface area contributed by atoms with Gasteiger partial charge in [0.15, 0.2) is 0 Å². The van der Waals surface area contributed by atoms with Crippen molar-refractivity contribution in [1.82, 2.24) is 14.7 Å². The molecule has 1 amide bonds. The zero-order chi connectivity index (χ0) is 24.4. The number of carbonyl (C=O) groups is 1. The van der Waals surface area contributed by atoms with E-state index in [0.717, 1.165) is 56.1 Å². The lowest BCUT2D eigenvalue weighted by Gasteiger charge is -2.36. The van der Waals surface area contributed by atoms with Crippen LogP contribution in [0.3, 0.4) is 0 Å². The van der Waals surface area contributed by atoms with Gasteiger partial charge in [-0.3, -0.25) is 9.69 Å². The van der Waals surface area contributed by atoms with E-state index in [1.807, 2.05) is 11.0 Å². The molecule has 1 N–H and O–H groups in total. The van der Waals surface area contributed by atoms with Crippen LogP contribution in [-0.4, -0.2) is 91.7 Å². The number of hydrogen-bond donors (Lipinski definition) is 1. The van der Waals surface area contributed by atoms with Gasteiger partial charge in [0, 0.05) is 63.6 Å².